The summed E-state index contributed by atoms with van der Waals surface area (Å²) >= 11 is 8.63. The highest BCUT2D eigenvalue weighted by molar-refractivity contribution is 7.98. The van der Waals surface area contributed by atoms with Crippen LogP contribution in [0.3, 0.4) is 0 Å². The molecule has 0 amide bonds. The topological polar surface area (TPSA) is 61.4 Å². The van der Waals surface area contributed by atoms with Gasteiger partial charge in [-0.25, -0.2) is 4.39 Å². The Bertz CT molecular complexity index is 2140. The molecular weight excluding hydrogens is 645 g/mol. The van der Waals surface area contributed by atoms with Crippen molar-refractivity contribution in [2.45, 2.75) is 64.0 Å². The number of aliphatic hydroxyl groups is 1. The molecule has 0 bridgehead atoms. The standard InChI is InChI=1S/C39H39ClFN3O3S/c1-24-20-43(33-13-12-31(40)37(36(24)33)38-32(21-45)42-44-23-39(2,3)19-34(38)44)14-5-15-47-35-18-29(17-26-16-27(41)8-11-30(26)35)48-22-25-6-9-28(46-4)10-7-25/h6-13,16-18,20,45H,5,14-15,19,21-23H2,1-4H3. The maximum atomic E-state index is 14.2. The Morgan fingerprint density at radius 1 is 1.04 bits per heavy atom. The van der Waals surface area contributed by atoms with Gasteiger partial charge in [0.1, 0.15) is 17.3 Å². The van der Waals surface area contributed by atoms with Gasteiger partial charge in [0.15, 0.2) is 0 Å². The largest absolute Gasteiger partial charge is 0.497 e. The average molecular weight is 684 g/mol. The smallest absolute Gasteiger partial charge is 0.128 e. The zero-order chi connectivity index (χ0) is 33.6. The number of thioether (sulfide) groups is 1. The van der Waals surface area contributed by atoms with E-state index in [1.165, 1.54) is 11.6 Å². The van der Waals surface area contributed by atoms with Crippen LogP contribution in [0.15, 0.2) is 77.8 Å². The Hall–Kier alpha value is -3.98. The zero-order valence-electron chi connectivity index (χ0n) is 27.6. The third-order valence-electron chi connectivity index (χ3n) is 9.16. The van der Waals surface area contributed by atoms with Crippen LogP contribution in [0.25, 0.3) is 32.8 Å². The summed E-state index contributed by atoms with van der Waals surface area (Å²) in [7, 11) is 1.66. The number of nitrogens with zero attached hydrogens (tertiary/aromatic N) is 3. The first-order valence-corrected chi connectivity index (χ1v) is 17.6. The van der Waals surface area contributed by atoms with Gasteiger partial charge in [-0.3, -0.25) is 4.68 Å². The molecular formula is C39H39ClFN3O3S. The Balaban J connectivity index is 1.11. The van der Waals surface area contributed by atoms with Crippen LogP contribution < -0.4 is 9.47 Å². The molecule has 0 saturated heterocycles. The van der Waals surface area contributed by atoms with Crippen molar-refractivity contribution in [1.29, 1.82) is 0 Å². The first-order valence-electron chi connectivity index (χ1n) is 16.2. The molecule has 0 spiro atoms. The number of benzene rings is 4. The van der Waals surface area contributed by atoms with Crippen LogP contribution in [0.5, 0.6) is 11.5 Å². The van der Waals surface area contributed by atoms with Crippen molar-refractivity contribution in [2.24, 2.45) is 5.41 Å². The second-order valence-electron chi connectivity index (χ2n) is 13.4. The molecule has 7 rings (SSSR count). The maximum absolute atomic E-state index is 14.2. The van der Waals surface area contributed by atoms with E-state index in [4.69, 9.17) is 26.2 Å². The highest BCUT2D eigenvalue weighted by Crippen LogP contribution is 2.45. The van der Waals surface area contributed by atoms with Crippen LogP contribution in [0.1, 0.15) is 42.8 Å². The van der Waals surface area contributed by atoms with Gasteiger partial charge in [0.2, 0.25) is 0 Å². The molecule has 0 radical (unpaired) electrons. The van der Waals surface area contributed by atoms with Gasteiger partial charge in [-0.15, -0.1) is 11.8 Å². The van der Waals surface area contributed by atoms with Crippen molar-refractivity contribution < 1.29 is 19.0 Å². The van der Waals surface area contributed by atoms with Crippen molar-refractivity contribution in [3.63, 3.8) is 0 Å². The Labute approximate surface area is 289 Å². The summed E-state index contributed by atoms with van der Waals surface area (Å²) in [5, 5.41) is 18.5. The van der Waals surface area contributed by atoms with E-state index >= 15 is 0 Å². The van der Waals surface area contributed by atoms with Crippen molar-refractivity contribution in [2.75, 3.05) is 13.7 Å². The summed E-state index contributed by atoms with van der Waals surface area (Å²) in [4.78, 5) is 1.02. The SMILES string of the molecule is COc1ccc(CSc2cc(OCCCn3cc(C)c4c(-c5c(CO)nn6c5CC(C)(C)C6)c(Cl)ccc43)c3ccc(F)cc3c2)cc1. The Kier molecular flexibility index (Phi) is 8.92. The van der Waals surface area contributed by atoms with Crippen molar-refractivity contribution in [3.8, 4) is 22.6 Å². The zero-order valence-corrected chi connectivity index (χ0v) is 29.2. The number of methoxy groups -OCH3 is 1. The molecule has 248 valence electrons. The van der Waals surface area contributed by atoms with E-state index in [0.717, 1.165) is 92.1 Å². The molecule has 0 atom stereocenters. The van der Waals surface area contributed by atoms with E-state index in [1.54, 1.807) is 31.0 Å². The van der Waals surface area contributed by atoms with Gasteiger partial charge in [-0.2, -0.15) is 5.10 Å². The third-order valence-corrected chi connectivity index (χ3v) is 10.5. The molecule has 0 aliphatic carbocycles. The van der Waals surface area contributed by atoms with Gasteiger partial charge >= 0.3 is 0 Å². The van der Waals surface area contributed by atoms with E-state index in [0.29, 0.717) is 17.3 Å². The predicted molar refractivity (Wildman–Crippen MR) is 193 cm³/mol. The number of aliphatic hydroxyl groups excluding tert-OH is 1. The van der Waals surface area contributed by atoms with Crippen molar-refractivity contribution in [3.05, 3.63) is 106 Å². The summed E-state index contributed by atoms with van der Waals surface area (Å²) in [6.07, 6.45) is 3.82. The summed E-state index contributed by atoms with van der Waals surface area (Å²) in [5.74, 6) is 2.09. The predicted octanol–water partition coefficient (Wildman–Crippen LogP) is 9.60. The van der Waals surface area contributed by atoms with E-state index in [1.807, 2.05) is 28.9 Å². The first kappa shape index (κ1) is 32.6. The summed E-state index contributed by atoms with van der Waals surface area (Å²) in [6.45, 7) is 8.53. The summed E-state index contributed by atoms with van der Waals surface area (Å²) in [6, 6.07) is 21.0. The lowest BCUT2D eigenvalue weighted by Crippen LogP contribution is -2.13. The number of halogens is 2. The molecule has 48 heavy (non-hydrogen) atoms. The molecule has 0 fully saturated rings. The van der Waals surface area contributed by atoms with E-state index < -0.39 is 0 Å². The fraction of sp³-hybridized carbons (Fsp3) is 0.308. The minimum atomic E-state index is -0.268. The van der Waals surface area contributed by atoms with Crippen LogP contribution in [-0.4, -0.2) is 33.2 Å². The van der Waals surface area contributed by atoms with E-state index in [-0.39, 0.29) is 17.8 Å². The second kappa shape index (κ2) is 13.1. The fourth-order valence-electron chi connectivity index (χ4n) is 6.97. The monoisotopic (exact) mass is 683 g/mol. The minimum absolute atomic E-state index is 0.0979. The normalized spacial score (nSPS) is 13.8. The highest BCUT2D eigenvalue weighted by atomic mass is 35.5. The maximum Gasteiger partial charge on any atom is 0.128 e. The number of ether oxygens (including phenoxy) is 2. The third kappa shape index (κ3) is 6.29. The molecule has 6 aromatic rings. The van der Waals surface area contributed by atoms with Gasteiger partial charge in [0.25, 0.3) is 0 Å². The fourth-order valence-corrected chi connectivity index (χ4v) is 8.14. The number of aromatic nitrogens is 3. The molecule has 1 aliphatic heterocycles. The molecule has 0 unspecified atom stereocenters. The van der Waals surface area contributed by atoms with Gasteiger partial charge in [-0.1, -0.05) is 37.6 Å². The van der Waals surface area contributed by atoms with Crippen LogP contribution in [0, 0.1) is 18.2 Å². The summed E-state index contributed by atoms with van der Waals surface area (Å²) in [5.41, 5.74) is 7.21. The lowest BCUT2D eigenvalue weighted by atomic mass is 9.88. The van der Waals surface area contributed by atoms with E-state index in [9.17, 15) is 9.50 Å². The number of aryl methyl sites for hydroxylation is 2. The quantitative estimate of drug-likeness (QED) is 0.109. The Morgan fingerprint density at radius 3 is 2.62 bits per heavy atom. The van der Waals surface area contributed by atoms with Crippen LogP contribution in [0.2, 0.25) is 5.02 Å². The molecule has 4 aromatic carbocycles. The van der Waals surface area contributed by atoms with Gasteiger partial charge in [-0.05, 0) is 96.3 Å². The molecule has 9 heteroatoms. The number of rotatable bonds is 11. The number of hydrogen-bond acceptors (Lipinski definition) is 5. The minimum Gasteiger partial charge on any atom is -0.497 e. The van der Waals surface area contributed by atoms with Gasteiger partial charge in [0, 0.05) is 68.1 Å². The molecule has 2 aromatic heterocycles. The first-order chi connectivity index (χ1) is 23.1. The molecule has 6 nitrogen and oxygen atoms in total. The van der Waals surface area contributed by atoms with Crippen molar-refractivity contribution in [1.82, 2.24) is 14.3 Å². The van der Waals surface area contributed by atoms with Gasteiger partial charge < -0.3 is 19.1 Å². The van der Waals surface area contributed by atoms with Gasteiger partial charge in [0.05, 0.1) is 26.0 Å². The average Bonchev–Trinajstić information content (AvgIpc) is 3.67. The number of fused-ring (bicyclic) bond motifs is 3. The number of hydrogen-bond donors (Lipinski definition) is 1. The van der Waals surface area contributed by atoms with Crippen molar-refractivity contribution >= 4 is 45.0 Å². The second-order valence-corrected chi connectivity index (χ2v) is 14.8. The highest BCUT2D eigenvalue weighted by Gasteiger charge is 2.35. The van der Waals surface area contributed by atoms with Crippen LogP contribution in [-0.2, 0) is 31.9 Å². The molecule has 3 heterocycles. The summed E-state index contributed by atoms with van der Waals surface area (Å²) < 4.78 is 30.2. The van der Waals surface area contributed by atoms with E-state index in [2.05, 4.69) is 55.8 Å². The molecule has 0 saturated carbocycles. The van der Waals surface area contributed by atoms with Crippen LogP contribution in [0.4, 0.5) is 4.39 Å². The Morgan fingerprint density at radius 2 is 1.85 bits per heavy atom. The molecule has 1 aliphatic rings. The molecule has 1 N–H and O–H groups in total. The lowest BCUT2D eigenvalue weighted by molar-refractivity contribution is 0.272. The van der Waals surface area contributed by atoms with Crippen LogP contribution >= 0.6 is 23.4 Å². The lowest BCUT2D eigenvalue weighted by Gasteiger charge is -2.16.